The molecule has 3 heteroatoms. The highest BCUT2D eigenvalue weighted by molar-refractivity contribution is 5.94. The predicted molar refractivity (Wildman–Crippen MR) is 61.3 cm³/mol. The van der Waals surface area contributed by atoms with Crippen LogP contribution in [0.4, 0.5) is 4.39 Å². The fourth-order valence-corrected chi connectivity index (χ4v) is 1.15. The Kier molecular flexibility index (Phi) is 4.05. The van der Waals surface area contributed by atoms with Crippen LogP contribution in [-0.4, -0.2) is 11.9 Å². The van der Waals surface area contributed by atoms with E-state index in [1.807, 2.05) is 20.8 Å². The first-order valence-corrected chi connectivity index (χ1v) is 5.39. The van der Waals surface area contributed by atoms with Crippen LogP contribution in [0.5, 0.6) is 5.75 Å². The molecule has 0 aliphatic heterocycles. The molecular weight excluding hydrogens is 207 g/mol. The van der Waals surface area contributed by atoms with Crippen molar-refractivity contribution in [2.75, 3.05) is 0 Å². The molecule has 1 unspecified atom stereocenters. The lowest BCUT2D eigenvalue weighted by Crippen LogP contribution is -2.19. The second-order valence-corrected chi connectivity index (χ2v) is 4.27. The molecule has 0 amide bonds. The van der Waals surface area contributed by atoms with Gasteiger partial charge in [-0.25, -0.2) is 4.39 Å². The van der Waals surface area contributed by atoms with Crippen LogP contribution < -0.4 is 4.74 Å². The van der Waals surface area contributed by atoms with Gasteiger partial charge in [0.15, 0.2) is 17.3 Å². The Morgan fingerprint density at radius 1 is 1.31 bits per heavy atom. The van der Waals surface area contributed by atoms with Crippen molar-refractivity contribution in [1.82, 2.24) is 0 Å². The summed E-state index contributed by atoms with van der Waals surface area (Å²) in [6.45, 7) is 7.31. The Morgan fingerprint density at radius 3 is 2.38 bits per heavy atom. The highest BCUT2D eigenvalue weighted by atomic mass is 19.1. The minimum Gasteiger partial charge on any atom is -0.487 e. The molecule has 0 radical (unpaired) electrons. The Bertz CT molecular complexity index is 386. The highest BCUT2D eigenvalue weighted by Gasteiger charge is 2.13. The van der Waals surface area contributed by atoms with Crippen LogP contribution in [0.25, 0.3) is 0 Å². The Balaban J connectivity index is 2.87. The molecule has 0 aliphatic rings. The molecule has 0 saturated carbocycles. The summed E-state index contributed by atoms with van der Waals surface area (Å²) in [6, 6.07) is 4.30. The molecular formula is C13H17FO2. The van der Waals surface area contributed by atoms with E-state index in [1.54, 1.807) is 6.07 Å². The third-order valence-corrected chi connectivity index (χ3v) is 2.59. The maximum absolute atomic E-state index is 13.6. The van der Waals surface area contributed by atoms with Crippen LogP contribution in [-0.2, 0) is 0 Å². The van der Waals surface area contributed by atoms with Gasteiger partial charge in [-0.05, 0) is 38.0 Å². The molecule has 1 rings (SSSR count). The predicted octanol–water partition coefficient (Wildman–Crippen LogP) is 3.45. The lowest BCUT2D eigenvalue weighted by Gasteiger charge is -2.18. The summed E-state index contributed by atoms with van der Waals surface area (Å²) in [7, 11) is 0. The van der Waals surface area contributed by atoms with Gasteiger partial charge in [-0.15, -0.1) is 0 Å². The first-order valence-electron chi connectivity index (χ1n) is 5.39. The zero-order valence-electron chi connectivity index (χ0n) is 10.1. The maximum atomic E-state index is 13.6. The lowest BCUT2D eigenvalue weighted by atomic mass is 10.1. The van der Waals surface area contributed by atoms with E-state index in [0.29, 0.717) is 11.5 Å². The molecule has 88 valence electrons. The number of carbonyl (C=O) groups is 1. The fraction of sp³-hybridized carbons (Fsp3) is 0.462. The summed E-state index contributed by atoms with van der Waals surface area (Å²) in [5.41, 5.74) is 0.363. The first kappa shape index (κ1) is 12.7. The zero-order valence-corrected chi connectivity index (χ0v) is 10.1. The van der Waals surface area contributed by atoms with Crippen LogP contribution in [0.3, 0.4) is 0 Å². The summed E-state index contributed by atoms with van der Waals surface area (Å²) < 4.78 is 19.0. The number of hydrogen-bond acceptors (Lipinski definition) is 2. The maximum Gasteiger partial charge on any atom is 0.165 e. The number of ketones is 1. The van der Waals surface area contributed by atoms with Gasteiger partial charge in [0.2, 0.25) is 0 Å². The van der Waals surface area contributed by atoms with E-state index in [1.165, 1.54) is 19.1 Å². The molecule has 1 aromatic rings. The second-order valence-electron chi connectivity index (χ2n) is 4.27. The summed E-state index contributed by atoms with van der Waals surface area (Å²) in [4.78, 5) is 11.0. The van der Waals surface area contributed by atoms with Crippen LogP contribution in [0, 0.1) is 11.7 Å². The number of benzene rings is 1. The third-order valence-electron chi connectivity index (χ3n) is 2.59. The molecule has 0 aromatic heterocycles. The molecule has 2 nitrogen and oxygen atoms in total. The minimum absolute atomic E-state index is 0.0577. The number of Topliss-reactive ketones (excluding diaryl/α,β-unsaturated/α-hetero) is 1. The summed E-state index contributed by atoms with van der Waals surface area (Å²) >= 11 is 0. The zero-order chi connectivity index (χ0) is 12.3. The van der Waals surface area contributed by atoms with Crippen molar-refractivity contribution in [3.05, 3.63) is 29.6 Å². The van der Waals surface area contributed by atoms with E-state index < -0.39 is 5.82 Å². The van der Waals surface area contributed by atoms with Crippen molar-refractivity contribution < 1.29 is 13.9 Å². The fourth-order valence-electron chi connectivity index (χ4n) is 1.15. The van der Waals surface area contributed by atoms with Gasteiger partial charge in [0.25, 0.3) is 0 Å². The summed E-state index contributed by atoms with van der Waals surface area (Å²) in [5.74, 6) is -0.124. The topological polar surface area (TPSA) is 26.3 Å². The Labute approximate surface area is 95.4 Å². The highest BCUT2D eigenvalue weighted by Crippen LogP contribution is 2.21. The van der Waals surface area contributed by atoms with Gasteiger partial charge in [0, 0.05) is 5.56 Å². The molecule has 16 heavy (non-hydrogen) atoms. The van der Waals surface area contributed by atoms with Crippen LogP contribution in [0.15, 0.2) is 18.2 Å². The summed E-state index contributed by atoms with van der Waals surface area (Å²) in [6.07, 6.45) is -0.0577. The second kappa shape index (κ2) is 5.10. The van der Waals surface area contributed by atoms with Gasteiger partial charge >= 0.3 is 0 Å². The van der Waals surface area contributed by atoms with Gasteiger partial charge < -0.3 is 4.74 Å². The number of ether oxygens (including phenoxy) is 1. The smallest absolute Gasteiger partial charge is 0.165 e. The van der Waals surface area contributed by atoms with Crippen molar-refractivity contribution in [3.8, 4) is 5.75 Å². The lowest BCUT2D eigenvalue weighted by molar-refractivity contribution is 0.101. The van der Waals surface area contributed by atoms with E-state index in [-0.39, 0.29) is 17.6 Å². The Hall–Kier alpha value is -1.38. The van der Waals surface area contributed by atoms with Crippen LogP contribution >= 0.6 is 0 Å². The molecule has 0 heterocycles. The van der Waals surface area contributed by atoms with E-state index in [0.717, 1.165) is 0 Å². The Morgan fingerprint density at radius 2 is 1.94 bits per heavy atom. The van der Waals surface area contributed by atoms with Crippen LogP contribution in [0.1, 0.15) is 38.1 Å². The van der Waals surface area contributed by atoms with Gasteiger partial charge in [-0.1, -0.05) is 13.8 Å². The molecule has 0 saturated heterocycles. The molecule has 0 bridgehead atoms. The normalized spacial score (nSPS) is 12.6. The van der Waals surface area contributed by atoms with Gasteiger partial charge in [0.05, 0.1) is 6.10 Å². The van der Waals surface area contributed by atoms with Gasteiger partial charge in [0.1, 0.15) is 0 Å². The monoisotopic (exact) mass is 224 g/mol. The summed E-state index contributed by atoms with van der Waals surface area (Å²) in [5, 5.41) is 0. The van der Waals surface area contributed by atoms with Crippen molar-refractivity contribution >= 4 is 5.78 Å². The van der Waals surface area contributed by atoms with Gasteiger partial charge in [-0.2, -0.15) is 0 Å². The SMILES string of the molecule is CC(=O)c1ccc(OC(C)C(C)C)c(F)c1. The number of carbonyl (C=O) groups excluding carboxylic acids is 1. The van der Waals surface area contributed by atoms with E-state index in [2.05, 4.69) is 0 Å². The standard InChI is InChI=1S/C13H17FO2/c1-8(2)10(4)16-13-6-5-11(9(3)15)7-12(13)14/h5-8,10H,1-4H3. The molecule has 0 N–H and O–H groups in total. The van der Waals surface area contributed by atoms with Crippen LogP contribution in [0.2, 0.25) is 0 Å². The number of halogens is 1. The first-order chi connectivity index (χ1) is 7.41. The number of hydrogen-bond donors (Lipinski definition) is 0. The van der Waals surface area contributed by atoms with Crippen molar-refractivity contribution in [2.45, 2.75) is 33.8 Å². The van der Waals surface area contributed by atoms with E-state index in [4.69, 9.17) is 4.74 Å². The molecule has 1 aromatic carbocycles. The largest absolute Gasteiger partial charge is 0.487 e. The van der Waals surface area contributed by atoms with Gasteiger partial charge in [-0.3, -0.25) is 4.79 Å². The van der Waals surface area contributed by atoms with Crippen molar-refractivity contribution in [1.29, 1.82) is 0 Å². The molecule has 0 aliphatic carbocycles. The molecule has 1 atom stereocenters. The molecule has 0 spiro atoms. The third kappa shape index (κ3) is 3.05. The minimum atomic E-state index is -0.486. The van der Waals surface area contributed by atoms with Crippen molar-refractivity contribution in [3.63, 3.8) is 0 Å². The average Bonchev–Trinajstić information content (AvgIpc) is 2.20. The molecule has 0 fully saturated rings. The van der Waals surface area contributed by atoms with Crippen molar-refractivity contribution in [2.24, 2.45) is 5.92 Å². The number of rotatable bonds is 4. The van der Waals surface area contributed by atoms with E-state index >= 15 is 0 Å². The average molecular weight is 224 g/mol. The quantitative estimate of drug-likeness (QED) is 0.732. The van der Waals surface area contributed by atoms with E-state index in [9.17, 15) is 9.18 Å².